The molecule has 1 heterocycles. The van der Waals surface area contributed by atoms with Crippen LogP contribution in [0.4, 0.5) is 10.1 Å². The third-order valence-electron chi connectivity index (χ3n) is 4.97. The molecule has 7 nitrogen and oxygen atoms in total. The van der Waals surface area contributed by atoms with E-state index in [1.54, 1.807) is 30.3 Å². The van der Waals surface area contributed by atoms with Crippen molar-refractivity contribution < 1.29 is 18.4 Å². The molecule has 0 unspecified atom stereocenters. The van der Waals surface area contributed by atoms with Gasteiger partial charge in [0.25, 0.3) is 5.91 Å². The molecule has 2 amide bonds. The number of oxazole rings is 1. The molecular formula is C24H20FN3O4. The second-order valence-electron chi connectivity index (χ2n) is 7.32. The highest BCUT2D eigenvalue weighted by atomic mass is 19.1. The minimum atomic E-state index is -0.725. The number of hydrogen-bond donors (Lipinski definition) is 2. The first-order valence-corrected chi connectivity index (χ1v) is 9.92. The predicted molar refractivity (Wildman–Crippen MR) is 118 cm³/mol. The molecule has 0 bridgehead atoms. The number of carbonyl (C=O) groups is 2. The average molecular weight is 433 g/mol. The minimum absolute atomic E-state index is 0.0136. The van der Waals surface area contributed by atoms with E-state index in [4.69, 9.17) is 4.42 Å². The first-order chi connectivity index (χ1) is 15.4. The number of anilines is 1. The molecule has 4 aromatic rings. The molecule has 162 valence electrons. The van der Waals surface area contributed by atoms with Gasteiger partial charge >= 0.3 is 5.76 Å². The summed E-state index contributed by atoms with van der Waals surface area (Å²) < 4.78 is 20.0. The van der Waals surface area contributed by atoms with E-state index >= 15 is 0 Å². The van der Waals surface area contributed by atoms with Gasteiger partial charge in [0, 0.05) is 23.4 Å². The number of aryl methyl sites for hydroxylation is 1. The number of halogens is 1. The summed E-state index contributed by atoms with van der Waals surface area (Å²) in [6.07, 6.45) is 0. The standard InChI is InChI=1S/C24H20FN3O4/c1-15-6-9-18(10-7-15)27-23(30)16-8-11-21-20(12-16)28(24(31)32-21)14-22(29)26-13-17-4-2-3-5-19(17)25/h2-12H,13-14H2,1H3,(H,26,29)(H,27,30). The maximum Gasteiger partial charge on any atom is 0.420 e. The largest absolute Gasteiger partial charge is 0.420 e. The normalized spacial score (nSPS) is 10.8. The Bertz CT molecular complexity index is 1360. The van der Waals surface area contributed by atoms with Gasteiger partial charge in [0.2, 0.25) is 5.91 Å². The van der Waals surface area contributed by atoms with Crippen molar-refractivity contribution in [3.63, 3.8) is 0 Å². The van der Waals surface area contributed by atoms with Gasteiger partial charge in [-0.15, -0.1) is 0 Å². The summed E-state index contributed by atoms with van der Waals surface area (Å²) in [5, 5.41) is 5.37. The van der Waals surface area contributed by atoms with Gasteiger partial charge in [0.15, 0.2) is 5.58 Å². The Labute approximate surface area is 182 Å². The van der Waals surface area contributed by atoms with Crippen molar-refractivity contribution >= 4 is 28.6 Å². The number of aromatic nitrogens is 1. The Morgan fingerprint density at radius 1 is 1.03 bits per heavy atom. The molecule has 32 heavy (non-hydrogen) atoms. The number of benzene rings is 3. The van der Waals surface area contributed by atoms with Crippen molar-refractivity contribution in [2.24, 2.45) is 0 Å². The maximum absolute atomic E-state index is 13.7. The smallest absolute Gasteiger partial charge is 0.408 e. The number of nitrogens with zero attached hydrogens (tertiary/aromatic N) is 1. The summed E-state index contributed by atoms with van der Waals surface area (Å²) in [6.45, 7) is 1.60. The van der Waals surface area contributed by atoms with Crippen LogP contribution in [0.1, 0.15) is 21.5 Å². The minimum Gasteiger partial charge on any atom is -0.408 e. The zero-order valence-electron chi connectivity index (χ0n) is 17.2. The van der Waals surface area contributed by atoms with E-state index in [0.29, 0.717) is 22.3 Å². The zero-order chi connectivity index (χ0) is 22.7. The molecule has 0 aliphatic carbocycles. The molecule has 0 saturated carbocycles. The predicted octanol–water partition coefficient (Wildman–Crippen LogP) is 3.61. The number of nitrogens with one attached hydrogen (secondary N) is 2. The molecular weight excluding hydrogens is 413 g/mol. The van der Waals surface area contributed by atoms with Crippen LogP contribution in [0.15, 0.2) is 75.9 Å². The maximum atomic E-state index is 13.7. The van der Waals surface area contributed by atoms with E-state index in [2.05, 4.69) is 10.6 Å². The van der Waals surface area contributed by atoms with Crippen LogP contribution >= 0.6 is 0 Å². The lowest BCUT2D eigenvalue weighted by molar-refractivity contribution is -0.121. The summed E-state index contributed by atoms with van der Waals surface area (Å²) >= 11 is 0. The first kappa shape index (κ1) is 21.0. The van der Waals surface area contributed by atoms with Gasteiger partial charge in [-0.1, -0.05) is 35.9 Å². The van der Waals surface area contributed by atoms with Crippen LogP contribution in [-0.4, -0.2) is 16.4 Å². The highest BCUT2D eigenvalue weighted by molar-refractivity contribution is 6.05. The fraction of sp³-hybridized carbons (Fsp3) is 0.125. The monoisotopic (exact) mass is 433 g/mol. The van der Waals surface area contributed by atoms with Gasteiger partial charge in [-0.25, -0.2) is 9.18 Å². The van der Waals surface area contributed by atoms with E-state index in [-0.39, 0.29) is 24.6 Å². The molecule has 0 aliphatic rings. The second kappa shape index (κ2) is 8.89. The molecule has 0 spiro atoms. The molecule has 0 aliphatic heterocycles. The van der Waals surface area contributed by atoms with Crippen molar-refractivity contribution in [3.8, 4) is 0 Å². The number of carbonyl (C=O) groups excluding carboxylic acids is 2. The summed E-state index contributed by atoms with van der Waals surface area (Å²) in [6, 6.07) is 18.0. The number of hydrogen-bond acceptors (Lipinski definition) is 4. The topological polar surface area (TPSA) is 93.3 Å². The van der Waals surface area contributed by atoms with Crippen LogP contribution in [0, 0.1) is 12.7 Å². The molecule has 2 N–H and O–H groups in total. The fourth-order valence-corrected chi connectivity index (χ4v) is 3.23. The highest BCUT2D eigenvalue weighted by Crippen LogP contribution is 2.17. The third kappa shape index (κ3) is 4.59. The molecule has 1 aromatic heterocycles. The molecule has 3 aromatic carbocycles. The lowest BCUT2D eigenvalue weighted by Gasteiger charge is -2.08. The van der Waals surface area contributed by atoms with Crippen LogP contribution in [0.3, 0.4) is 0 Å². The van der Waals surface area contributed by atoms with Gasteiger partial charge in [-0.05, 0) is 43.3 Å². The molecule has 4 rings (SSSR count). The number of amides is 2. The zero-order valence-corrected chi connectivity index (χ0v) is 17.2. The SMILES string of the molecule is Cc1ccc(NC(=O)c2ccc3oc(=O)n(CC(=O)NCc4ccccc4F)c3c2)cc1. The van der Waals surface area contributed by atoms with E-state index in [0.717, 1.165) is 10.1 Å². The molecule has 0 radical (unpaired) electrons. The Hall–Kier alpha value is -4.20. The van der Waals surface area contributed by atoms with Crippen LogP contribution in [0.2, 0.25) is 0 Å². The van der Waals surface area contributed by atoms with Crippen LogP contribution < -0.4 is 16.4 Å². The lowest BCUT2D eigenvalue weighted by Crippen LogP contribution is -2.30. The molecule has 0 fully saturated rings. The summed E-state index contributed by atoms with van der Waals surface area (Å²) in [4.78, 5) is 37.3. The average Bonchev–Trinajstić information content (AvgIpc) is 3.09. The molecule has 8 heteroatoms. The molecule has 0 saturated heterocycles. The van der Waals surface area contributed by atoms with Crippen molar-refractivity contribution in [3.05, 3.63) is 99.8 Å². The second-order valence-corrected chi connectivity index (χ2v) is 7.32. The Kier molecular flexibility index (Phi) is 5.85. The summed E-state index contributed by atoms with van der Waals surface area (Å²) in [7, 11) is 0. The van der Waals surface area contributed by atoms with Gasteiger partial charge in [0.1, 0.15) is 12.4 Å². The van der Waals surface area contributed by atoms with Gasteiger partial charge in [-0.3, -0.25) is 14.2 Å². The Morgan fingerprint density at radius 3 is 2.53 bits per heavy atom. The number of fused-ring (bicyclic) bond motifs is 1. The van der Waals surface area contributed by atoms with Crippen LogP contribution in [0.25, 0.3) is 11.1 Å². The Balaban J connectivity index is 1.51. The quantitative estimate of drug-likeness (QED) is 0.486. The van der Waals surface area contributed by atoms with Crippen molar-refractivity contribution in [2.75, 3.05) is 5.32 Å². The summed E-state index contributed by atoms with van der Waals surface area (Å²) in [5.41, 5.74) is 2.91. The van der Waals surface area contributed by atoms with Crippen LogP contribution in [0.5, 0.6) is 0 Å². The fourth-order valence-electron chi connectivity index (χ4n) is 3.23. The highest BCUT2D eigenvalue weighted by Gasteiger charge is 2.16. The van der Waals surface area contributed by atoms with Gasteiger partial charge in [0.05, 0.1) is 5.52 Å². The van der Waals surface area contributed by atoms with E-state index in [1.807, 2.05) is 19.1 Å². The Morgan fingerprint density at radius 2 is 1.78 bits per heavy atom. The lowest BCUT2D eigenvalue weighted by atomic mass is 10.1. The first-order valence-electron chi connectivity index (χ1n) is 9.92. The van der Waals surface area contributed by atoms with E-state index < -0.39 is 17.5 Å². The summed E-state index contributed by atoms with van der Waals surface area (Å²) in [5.74, 6) is -2.01. The van der Waals surface area contributed by atoms with Gasteiger partial charge in [-0.2, -0.15) is 0 Å². The third-order valence-corrected chi connectivity index (χ3v) is 4.97. The van der Waals surface area contributed by atoms with Crippen LogP contribution in [-0.2, 0) is 17.9 Å². The van der Waals surface area contributed by atoms with E-state index in [1.165, 1.54) is 24.3 Å². The van der Waals surface area contributed by atoms with Gasteiger partial charge < -0.3 is 15.1 Å². The number of rotatable bonds is 6. The van der Waals surface area contributed by atoms with Crippen molar-refractivity contribution in [2.45, 2.75) is 20.0 Å². The van der Waals surface area contributed by atoms with E-state index in [9.17, 15) is 18.8 Å². The van der Waals surface area contributed by atoms with Crippen molar-refractivity contribution in [1.82, 2.24) is 9.88 Å². The molecule has 0 atom stereocenters. The van der Waals surface area contributed by atoms with Crippen molar-refractivity contribution in [1.29, 1.82) is 0 Å².